The van der Waals surface area contributed by atoms with Crippen molar-refractivity contribution >= 4 is 21.6 Å². The van der Waals surface area contributed by atoms with Gasteiger partial charge in [-0.3, -0.25) is 9.36 Å². The van der Waals surface area contributed by atoms with Gasteiger partial charge in [-0.1, -0.05) is 84.9 Å². The Labute approximate surface area is 207 Å². The third kappa shape index (κ3) is 4.95. The van der Waals surface area contributed by atoms with E-state index in [1.807, 2.05) is 84.2 Å². The van der Waals surface area contributed by atoms with E-state index in [9.17, 15) is 9.90 Å². The van der Waals surface area contributed by atoms with Crippen LogP contribution in [-0.2, 0) is 11.3 Å². The van der Waals surface area contributed by atoms with E-state index in [0.29, 0.717) is 10.2 Å². The Kier molecular flexibility index (Phi) is 6.86. The Morgan fingerprint density at radius 3 is 2.40 bits per heavy atom. The first-order chi connectivity index (χ1) is 17.1. The number of ether oxygens (including phenoxy) is 1. The summed E-state index contributed by atoms with van der Waals surface area (Å²) in [6.45, 7) is 2.23. The summed E-state index contributed by atoms with van der Waals surface area (Å²) in [5.74, 6) is 0. The molecule has 2 atom stereocenters. The van der Waals surface area contributed by atoms with Gasteiger partial charge in [0.15, 0.2) is 0 Å². The van der Waals surface area contributed by atoms with Gasteiger partial charge >= 0.3 is 0 Å². The minimum Gasteiger partial charge on any atom is -0.389 e. The van der Waals surface area contributed by atoms with Crippen LogP contribution in [0.3, 0.4) is 0 Å². The molecule has 2 unspecified atom stereocenters. The Balaban J connectivity index is 1.37. The average molecular weight is 483 g/mol. The Morgan fingerprint density at radius 2 is 1.66 bits per heavy atom. The molecule has 5 nitrogen and oxygen atoms in total. The van der Waals surface area contributed by atoms with Crippen molar-refractivity contribution in [2.45, 2.75) is 25.7 Å². The molecule has 0 aliphatic rings. The van der Waals surface area contributed by atoms with Crippen molar-refractivity contribution in [1.29, 1.82) is 0 Å². The second kappa shape index (κ2) is 10.4. The monoisotopic (exact) mass is 482 g/mol. The molecule has 6 heteroatoms. The normalized spacial score (nSPS) is 13.1. The SMILES string of the molecule is Cc1ccccc1C(OCC(O)Cn1cnc2scc(-c3ccccc3)c2c1=O)c1ccccc1. The summed E-state index contributed by atoms with van der Waals surface area (Å²) in [6, 6.07) is 27.9. The number of benzene rings is 3. The Morgan fingerprint density at radius 1 is 0.971 bits per heavy atom. The first-order valence-electron chi connectivity index (χ1n) is 11.5. The number of thiophene rings is 1. The highest BCUT2D eigenvalue weighted by atomic mass is 32.1. The average Bonchev–Trinajstić information content (AvgIpc) is 3.33. The van der Waals surface area contributed by atoms with Crippen molar-refractivity contribution in [2.24, 2.45) is 0 Å². The Hall–Kier alpha value is -3.58. The van der Waals surface area contributed by atoms with Gasteiger partial charge in [-0.2, -0.15) is 0 Å². The maximum atomic E-state index is 13.3. The second-order valence-corrected chi connectivity index (χ2v) is 9.39. The van der Waals surface area contributed by atoms with Crippen LogP contribution in [0, 0.1) is 6.92 Å². The predicted molar refractivity (Wildman–Crippen MR) is 141 cm³/mol. The molecule has 3 aromatic carbocycles. The molecule has 0 amide bonds. The number of aromatic nitrogens is 2. The molecule has 2 aromatic heterocycles. The van der Waals surface area contributed by atoms with Gasteiger partial charge in [0, 0.05) is 10.9 Å². The second-order valence-electron chi connectivity index (χ2n) is 8.53. The highest BCUT2D eigenvalue weighted by Gasteiger charge is 2.20. The summed E-state index contributed by atoms with van der Waals surface area (Å²) in [6.07, 6.45) is 0.321. The van der Waals surface area contributed by atoms with Crippen LogP contribution in [0.2, 0.25) is 0 Å². The molecule has 0 aliphatic carbocycles. The number of fused-ring (bicyclic) bond motifs is 1. The van der Waals surface area contributed by atoms with E-state index in [-0.39, 0.29) is 24.8 Å². The van der Waals surface area contributed by atoms with Gasteiger partial charge in [0.1, 0.15) is 10.9 Å². The van der Waals surface area contributed by atoms with Crippen molar-refractivity contribution < 1.29 is 9.84 Å². The van der Waals surface area contributed by atoms with Crippen LogP contribution >= 0.6 is 11.3 Å². The first-order valence-corrected chi connectivity index (χ1v) is 12.4. The summed E-state index contributed by atoms with van der Waals surface area (Å²) in [7, 11) is 0. The fourth-order valence-corrected chi connectivity index (χ4v) is 5.20. The molecule has 1 N–H and O–H groups in total. The van der Waals surface area contributed by atoms with Gasteiger partial charge in [-0.15, -0.1) is 11.3 Å². The molecule has 5 rings (SSSR count). The molecule has 2 heterocycles. The maximum Gasteiger partial charge on any atom is 0.262 e. The molecule has 0 spiro atoms. The van der Waals surface area contributed by atoms with E-state index in [2.05, 4.69) is 18.0 Å². The summed E-state index contributed by atoms with van der Waals surface area (Å²) >= 11 is 1.45. The molecule has 0 aliphatic heterocycles. The number of aliphatic hydroxyl groups excluding tert-OH is 1. The molecule has 0 saturated heterocycles. The summed E-state index contributed by atoms with van der Waals surface area (Å²) in [4.78, 5) is 18.5. The van der Waals surface area contributed by atoms with E-state index < -0.39 is 6.10 Å². The quantitative estimate of drug-likeness (QED) is 0.313. The minimum absolute atomic E-state index is 0.0769. The van der Waals surface area contributed by atoms with Crippen LogP contribution < -0.4 is 5.56 Å². The number of hydrogen-bond donors (Lipinski definition) is 1. The lowest BCUT2D eigenvalue weighted by Gasteiger charge is -2.23. The lowest BCUT2D eigenvalue weighted by Crippen LogP contribution is -2.30. The van der Waals surface area contributed by atoms with Crippen LogP contribution in [-0.4, -0.2) is 27.4 Å². The van der Waals surface area contributed by atoms with E-state index in [1.54, 1.807) is 0 Å². The number of aryl methyl sites for hydroxylation is 1. The number of rotatable bonds is 8. The highest BCUT2D eigenvalue weighted by Crippen LogP contribution is 2.31. The van der Waals surface area contributed by atoms with E-state index in [1.165, 1.54) is 22.2 Å². The van der Waals surface area contributed by atoms with Crippen molar-refractivity contribution in [2.75, 3.05) is 6.61 Å². The standard InChI is InChI=1S/C29H26N2O3S/c1-20-10-8-9-15-24(20)27(22-13-6-3-7-14-22)34-17-23(32)16-31-19-30-28-26(29(31)33)25(18-35-28)21-11-4-2-5-12-21/h2-15,18-19,23,27,32H,16-17H2,1H3. The maximum absolute atomic E-state index is 13.3. The summed E-state index contributed by atoms with van der Waals surface area (Å²) in [5, 5.41) is 13.4. The van der Waals surface area contributed by atoms with Gasteiger partial charge < -0.3 is 9.84 Å². The van der Waals surface area contributed by atoms with E-state index >= 15 is 0 Å². The molecule has 0 bridgehead atoms. The third-order valence-electron chi connectivity index (χ3n) is 6.08. The minimum atomic E-state index is -0.874. The molecule has 176 valence electrons. The fourth-order valence-electron chi connectivity index (χ4n) is 4.29. The molecular formula is C29H26N2O3S. The van der Waals surface area contributed by atoms with E-state index in [4.69, 9.17) is 4.74 Å². The zero-order valence-corrected chi connectivity index (χ0v) is 20.2. The van der Waals surface area contributed by atoms with Crippen molar-refractivity contribution in [1.82, 2.24) is 9.55 Å². The topological polar surface area (TPSA) is 64.3 Å². The van der Waals surface area contributed by atoms with E-state index in [0.717, 1.165) is 27.8 Å². The number of aliphatic hydroxyl groups is 1. The van der Waals surface area contributed by atoms with Crippen LogP contribution in [0.1, 0.15) is 22.8 Å². The van der Waals surface area contributed by atoms with Gasteiger partial charge in [0.25, 0.3) is 5.56 Å². The van der Waals surface area contributed by atoms with Crippen molar-refractivity contribution in [3.8, 4) is 11.1 Å². The van der Waals surface area contributed by atoms with Gasteiger partial charge in [0.2, 0.25) is 0 Å². The van der Waals surface area contributed by atoms with Crippen molar-refractivity contribution in [3.63, 3.8) is 0 Å². The number of hydrogen-bond acceptors (Lipinski definition) is 5. The van der Waals surface area contributed by atoms with Gasteiger partial charge in [0.05, 0.1) is 31.0 Å². The first kappa shape index (κ1) is 23.2. The molecule has 5 aromatic rings. The van der Waals surface area contributed by atoms with Gasteiger partial charge in [-0.25, -0.2) is 4.98 Å². The van der Waals surface area contributed by atoms with Crippen molar-refractivity contribution in [3.05, 3.63) is 124 Å². The van der Waals surface area contributed by atoms with Crippen LogP contribution in [0.4, 0.5) is 0 Å². The zero-order chi connectivity index (χ0) is 24.2. The lowest BCUT2D eigenvalue weighted by atomic mass is 9.97. The fraction of sp³-hybridized carbons (Fsp3) is 0.172. The third-order valence-corrected chi connectivity index (χ3v) is 6.97. The van der Waals surface area contributed by atoms with Crippen LogP contribution in [0.25, 0.3) is 21.3 Å². The predicted octanol–water partition coefficient (Wildman–Crippen LogP) is 5.60. The highest BCUT2D eigenvalue weighted by molar-refractivity contribution is 7.17. The van der Waals surface area contributed by atoms with Crippen LogP contribution in [0.5, 0.6) is 0 Å². The van der Waals surface area contributed by atoms with Gasteiger partial charge in [-0.05, 0) is 29.2 Å². The Bertz CT molecular complexity index is 1480. The smallest absolute Gasteiger partial charge is 0.262 e. The summed E-state index contributed by atoms with van der Waals surface area (Å²) in [5.41, 5.74) is 4.87. The molecule has 0 radical (unpaired) electrons. The molecule has 35 heavy (non-hydrogen) atoms. The number of nitrogens with zero attached hydrogens (tertiary/aromatic N) is 2. The van der Waals surface area contributed by atoms with Crippen LogP contribution in [0.15, 0.2) is 101 Å². The largest absolute Gasteiger partial charge is 0.389 e. The molecule has 0 fully saturated rings. The zero-order valence-electron chi connectivity index (χ0n) is 19.4. The molecule has 0 saturated carbocycles. The molecular weight excluding hydrogens is 456 g/mol. The summed E-state index contributed by atoms with van der Waals surface area (Å²) < 4.78 is 7.72. The lowest BCUT2D eigenvalue weighted by molar-refractivity contribution is -0.00118.